The van der Waals surface area contributed by atoms with Crippen LogP contribution in [0.5, 0.6) is 5.75 Å². The standard InChI is InChI=1S/C13H17N3O4S/c1-20-11(18)6-3-7-14-13(21)16-15-12(19)9-4-2-5-10(17)8-9/h2,4-5,8,17H,3,6-7H2,1H3,(H,15,19)(H2,14,16,21). The Bertz CT molecular complexity index is 522. The van der Waals surface area contributed by atoms with Crippen LogP contribution in [0.15, 0.2) is 24.3 Å². The van der Waals surface area contributed by atoms with Gasteiger partial charge in [-0.15, -0.1) is 0 Å². The van der Waals surface area contributed by atoms with E-state index in [0.29, 0.717) is 24.9 Å². The van der Waals surface area contributed by atoms with Gasteiger partial charge in [-0.1, -0.05) is 6.07 Å². The number of amides is 1. The number of thiocarbonyl (C=S) groups is 1. The Morgan fingerprint density at radius 1 is 1.33 bits per heavy atom. The number of hydrazine groups is 1. The second kappa shape index (κ2) is 8.75. The number of hydrogen-bond donors (Lipinski definition) is 4. The molecule has 0 bridgehead atoms. The van der Waals surface area contributed by atoms with Gasteiger partial charge < -0.3 is 15.2 Å². The van der Waals surface area contributed by atoms with Crippen molar-refractivity contribution >= 4 is 29.2 Å². The Hall–Kier alpha value is -2.35. The van der Waals surface area contributed by atoms with Gasteiger partial charge in [0.1, 0.15) is 5.75 Å². The molecule has 0 saturated heterocycles. The molecule has 0 radical (unpaired) electrons. The van der Waals surface area contributed by atoms with Crippen molar-refractivity contribution in [1.82, 2.24) is 16.2 Å². The minimum Gasteiger partial charge on any atom is -0.508 e. The molecule has 0 heterocycles. The Balaban J connectivity index is 2.24. The largest absolute Gasteiger partial charge is 0.508 e. The fraction of sp³-hybridized carbons (Fsp3) is 0.308. The third kappa shape index (κ3) is 6.57. The molecule has 114 valence electrons. The molecule has 0 aliphatic carbocycles. The molecule has 21 heavy (non-hydrogen) atoms. The predicted octanol–water partition coefficient (Wildman–Crippen LogP) is 0.454. The van der Waals surface area contributed by atoms with Crippen LogP contribution in [0, 0.1) is 0 Å². The monoisotopic (exact) mass is 311 g/mol. The highest BCUT2D eigenvalue weighted by Crippen LogP contribution is 2.10. The molecule has 1 rings (SSSR count). The van der Waals surface area contributed by atoms with Crippen molar-refractivity contribution in [3.05, 3.63) is 29.8 Å². The lowest BCUT2D eigenvalue weighted by Crippen LogP contribution is -2.47. The van der Waals surface area contributed by atoms with Gasteiger partial charge in [-0.3, -0.25) is 20.4 Å². The summed E-state index contributed by atoms with van der Waals surface area (Å²) in [4.78, 5) is 22.6. The van der Waals surface area contributed by atoms with E-state index in [0.717, 1.165) is 0 Å². The van der Waals surface area contributed by atoms with Crippen molar-refractivity contribution in [2.45, 2.75) is 12.8 Å². The molecule has 0 spiro atoms. The number of methoxy groups -OCH3 is 1. The van der Waals surface area contributed by atoms with Crippen LogP contribution in [-0.2, 0) is 9.53 Å². The van der Waals surface area contributed by atoms with Crippen LogP contribution < -0.4 is 16.2 Å². The van der Waals surface area contributed by atoms with Crippen LogP contribution in [0.4, 0.5) is 0 Å². The summed E-state index contributed by atoms with van der Waals surface area (Å²) in [5.74, 6) is -0.705. The molecular weight excluding hydrogens is 294 g/mol. The van der Waals surface area contributed by atoms with Crippen molar-refractivity contribution in [2.75, 3.05) is 13.7 Å². The first-order valence-electron chi connectivity index (χ1n) is 6.23. The van der Waals surface area contributed by atoms with Crippen LogP contribution >= 0.6 is 12.2 Å². The van der Waals surface area contributed by atoms with E-state index in [2.05, 4.69) is 20.9 Å². The number of carbonyl (C=O) groups excluding carboxylic acids is 2. The van der Waals surface area contributed by atoms with E-state index in [-0.39, 0.29) is 16.8 Å². The molecule has 7 nitrogen and oxygen atoms in total. The van der Waals surface area contributed by atoms with E-state index in [1.165, 1.54) is 19.2 Å². The van der Waals surface area contributed by atoms with E-state index in [1.807, 2.05) is 0 Å². The summed E-state index contributed by atoms with van der Waals surface area (Å²) in [5, 5.41) is 12.3. The number of hydrogen-bond acceptors (Lipinski definition) is 5. The average molecular weight is 311 g/mol. The lowest BCUT2D eigenvalue weighted by molar-refractivity contribution is -0.140. The third-order valence-corrected chi connectivity index (χ3v) is 2.72. The highest BCUT2D eigenvalue weighted by molar-refractivity contribution is 7.80. The molecule has 0 saturated carbocycles. The van der Waals surface area contributed by atoms with E-state index in [4.69, 9.17) is 12.2 Å². The molecule has 0 aromatic heterocycles. The summed E-state index contributed by atoms with van der Waals surface area (Å²) in [7, 11) is 1.33. The summed E-state index contributed by atoms with van der Waals surface area (Å²) in [5.41, 5.74) is 5.22. The first-order chi connectivity index (χ1) is 10.0. The lowest BCUT2D eigenvalue weighted by Gasteiger charge is -2.11. The van der Waals surface area contributed by atoms with E-state index in [1.54, 1.807) is 12.1 Å². The van der Waals surface area contributed by atoms with Crippen LogP contribution in [0.25, 0.3) is 0 Å². The van der Waals surface area contributed by atoms with Gasteiger partial charge in [-0.2, -0.15) is 0 Å². The molecule has 0 fully saturated rings. The van der Waals surface area contributed by atoms with Gasteiger partial charge in [0.25, 0.3) is 5.91 Å². The van der Waals surface area contributed by atoms with Gasteiger partial charge in [0, 0.05) is 18.5 Å². The summed E-state index contributed by atoms with van der Waals surface area (Å²) in [6.07, 6.45) is 0.858. The van der Waals surface area contributed by atoms with Gasteiger partial charge in [0.2, 0.25) is 0 Å². The van der Waals surface area contributed by atoms with Gasteiger partial charge in [0.15, 0.2) is 5.11 Å². The Morgan fingerprint density at radius 3 is 2.76 bits per heavy atom. The van der Waals surface area contributed by atoms with Gasteiger partial charge in [-0.25, -0.2) is 0 Å². The number of carbonyl (C=O) groups is 2. The first kappa shape index (κ1) is 16.7. The number of esters is 1. The van der Waals surface area contributed by atoms with Gasteiger partial charge >= 0.3 is 5.97 Å². The number of benzene rings is 1. The molecule has 0 atom stereocenters. The number of phenolic OH excluding ortho intramolecular Hbond substituents is 1. The Morgan fingerprint density at radius 2 is 2.10 bits per heavy atom. The average Bonchev–Trinajstić information content (AvgIpc) is 2.48. The van der Waals surface area contributed by atoms with Crippen molar-refractivity contribution in [2.24, 2.45) is 0 Å². The molecule has 0 unspecified atom stereocenters. The Kier molecular flexibility index (Phi) is 6.96. The van der Waals surface area contributed by atoms with Crippen LogP contribution in [0.3, 0.4) is 0 Å². The minimum atomic E-state index is -0.426. The topological polar surface area (TPSA) is 99.7 Å². The normalized spacial score (nSPS) is 9.57. The smallest absolute Gasteiger partial charge is 0.305 e. The maximum Gasteiger partial charge on any atom is 0.305 e. The van der Waals surface area contributed by atoms with Crippen LogP contribution in [-0.4, -0.2) is 35.8 Å². The van der Waals surface area contributed by atoms with E-state index in [9.17, 15) is 14.7 Å². The highest BCUT2D eigenvalue weighted by Gasteiger charge is 2.06. The van der Waals surface area contributed by atoms with Gasteiger partial charge in [0.05, 0.1) is 7.11 Å². The molecular formula is C13H17N3O4S. The summed E-state index contributed by atoms with van der Waals surface area (Å²) in [6.45, 7) is 0.475. The van der Waals surface area contributed by atoms with Crippen molar-refractivity contribution in [1.29, 1.82) is 0 Å². The fourth-order valence-corrected chi connectivity index (χ4v) is 1.57. The fourth-order valence-electron chi connectivity index (χ4n) is 1.41. The van der Waals surface area contributed by atoms with Crippen LogP contribution in [0.2, 0.25) is 0 Å². The predicted molar refractivity (Wildman–Crippen MR) is 80.6 cm³/mol. The summed E-state index contributed by atoms with van der Waals surface area (Å²) < 4.78 is 4.50. The van der Waals surface area contributed by atoms with E-state index >= 15 is 0 Å². The number of nitrogens with one attached hydrogen (secondary N) is 3. The summed E-state index contributed by atoms with van der Waals surface area (Å²) in [6, 6.07) is 5.93. The molecule has 8 heteroatoms. The second-order valence-corrected chi connectivity index (χ2v) is 4.47. The molecule has 1 aromatic carbocycles. The molecule has 4 N–H and O–H groups in total. The van der Waals surface area contributed by atoms with E-state index < -0.39 is 5.91 Å². The maximum atomic E-state index is 11.7. The second-order valence-electron chi connectivity index (χ2n) is 4.07. The number of phenols is 1. The maximum absolute atomic E-state index is 11.7. The first-order valence-corrected chi connectivity index (χ1v) is 6.64. The molecule has 1 aromatic rings. The third-order valence-electron chi connectivity index (χ3n) is 2.47. The Labute approximate surface area is 127 Å². The SMILES string of the molecule is COC(=O)CCCNC(=S)NNC(=O)c1cccc(O)c1. The number of aromatic hydroxyl groups is 1. The minimum absolute atomic E-state index is 0.00571. The molecule has 1 amide bonds. The van der Waals surface area contributed by atoms with Crippen molar-refractivity contribution < 1.29 is 19.4 Å². The molecule has 0 aliphatic rings. The van der Waals surface area contributed by atoms with Crippen molar-refractivity contribution in [3.8, 4) is 5.75 Å². The van der Waals surface area contributed by atoms with Crippen molar-refractivity contribution in [3.63, 3.8) is 0 Å². The number of ether oxygens (including phenoxy) is 1. The zero-order valence-electron chi connectivity index (χ0n) is 11.5. The zero-order chi connectivity index (χ0) is 15.7. The molecule has 0 aliphatic heterocycles. The quantitative estimate of drug-likeness (QED) is 0.271. The lowest BCUT2D eigenvalue weighted by atomic mass is 10.2. The zero-order valence-corrected chi connectivity index (χ0v) is 12.3. The summed E-state index contributed by atoms with van der Waals surface area (Å²) >= 11 is 4.95. The highest BCUT2D eigenvalue weighted by atomic mass is 32.1. The van der Waals surface area contributed by atoms with Gasteiger partial charge in [-0.05, 0) is 36.8 Å². The van der Waals surface area contributed by atoms with Crippen LogP contribution in [0.1, 0.15) is 23.2 Å². The number of rotatable bonds is 5.